The highest BCUT2D eigenvalue weighted by Gasteiger charge is 2.11. The second-order valence-corrected chi connectivity index (χ2v) is 2.98. The molecule has 0 radical (unpaired) electrons. The molecule has 62 valence electrons. The van der Waals surface area contributed by atoms with E-state index >= 15 is 0 Å². The van der Waals surface area contributed by atoms with Crippen LogP contribution in [-0.2, 0) is 4.74 Å². The van der Waals surface area contributed by atoms with Crippen LogP contribution in [0.1, 0.15) is 24.5 Å². The molecule has 0 N–H and O–H groups in total. The largest absolute Gasteiger partial charge is 0.494 e. The summed E-state index contributed by atoms with van der Waals surface area (Å²) < 4.78 is 5.48. The van der Waals surface area contributed by atoms with Crippen LogP contribution in [0.5, 0.6) is 0 Å². The SMILES string of the molecule is C1=COC(c2ccccc2)CC1. The van der Waals surface area contributed by atoms with E-state index in [0.29, 0.717) is 0 Å². The van der Waals surface area contributed by atoms with Crippen LogP contribution in [0.4, 0.5) is 0 Å². The normalized spacial score (nSPS) is 21.8. The number of allylic oxidation sites excluding steroid dienone is 1. The predicted octanol–water partition coefficient (Wildman–Crippen LogP) is 3.05. The summed E-state index contributed by atoms with van der Waals surface area (Å²) in [5, 5.41) is 0. The molecule has 1 aliphatic heterocycles. The molecule has 2 rings (SSSR count). The molecule has 0 fully saturated rings. The van der Waals surface area contributed by atoms with E-state index in [1.165, 1.54) is 5.56 Å². The van der Waals surface area contributed by atoms with Gasteiger partial charge in [0, 0.05) is 0 Å². The van der Waals surface area contributed by atoms with Crippen molar-refractivity contribution in [2.45, 2.75) is 18.9 Å². The van der Waals surface area contributed by atoms with Crippen molar-refractivity contribution < 1.29 is 4.74 Å². The van der Waals surface area contributed by atoms with Gasteiger partial charge in [0.25, 0.3) is 0 Å². The summed E-state index contributed by atoms with van der Waals surface area (Å²) >= 11 is 0. The molecule has 0 amide bonds. The Morgan fingerprint density at radius 1 is 1.17 bits per heavy atom. The Hall–Kier alpha value is -1.24. The molecule has 0 aliphatic carbocycles. The molecular formula is C11H12O. The summed E-state index contributed by atoms with van der Waals surface area (Å²) in [5.74, 6) is 0. The average Bonchev–Trinajstić information content (AvgIpc) is 2.21. The van der Waals surface area contributed by atoms with Gasteiger partial charge in [-0.2, -0.15) is 0 Å². The summed E-state index contributed by atoms with van der Waals surface area (Å²) in [6, 6.07) is 10.4. The number of rotatable bonds is 1. The molecule has 0 spiro atoms. The number of hydrogen-bond donors (Lipinski definition) is 0. The van der Waals surface area contributed by atoms with Gasteiger partial charge in [0.15, 0.2) is 0 Å². The zero-order chi connectivity index (χ0) is 8.23. The summed E-state index contributed by atoms with van der Waals surface area (Å²) in [6.45, 7) is 0. The highest BCUT2D eigenvalue weighted by atomic mass is 16.5. The highest BCUT2D eigenvalue weighted by molar-refractivity contribution is 5.18. The molecule has 1 atom stereocenters. The third-order valence-electron chi connectivity index (χ3n) is 2.11. The molecule has 0 aromatic heterocycles. The van der Waals surface area contributed by atoms with Crippen molar-refractivity contribution in [2.24, 2.45) is 0 Å². The van der Waals surface area contributed by atoms with Gasteiger partial charge in [-0.05, 0) is 24.5 Å². The van der Waals surface area contributed by atoms with Gasteiger partial charge in [-0.25, -0.2) is 0 Å². The smallest absolute Gasteiger partial charge is 0.123 e. The van der Waals surface area contributed by atoms with Gasteiger partial charge in [-0.15, -0.1) is 0 Å². The van der Waals surface area contributed by atoms with Crippen molar-refractivity contribution in [3.05, 3.63) is 48.2 Å². The molecular weight excluding hydrogens is 148 g/mol. The molecule has 1 unspecified atom stereocenters. The van der Waals surface area contributed by atoms with Gasteiger partial charge in [0.2, 0.25) is 0 Å². The van der Waals surface area contributed by atoms with Crippen molar-refractivity contribution in [3.63, 3.8) is 0 Å². The van der Waals surface area contributed by atoms with E-state index in [0.717, 1.165) is 12.8 Å². The van der Waals surface area contributed by atoms with Gasteiger partial charge in [0.05, 0.1) is 6.26 Å². The molecule has 0 bridgehead atoms. The Morgan fingerprint density at radius 2 is 2.00 bits per heavy atom. The minimum Gasteiger partial charge on any atom is -0.494 e. The lowest BCUT2D eigenvalue weighted by atomic mass is 10.0. The fourth-order valence-electron chi connectivity index (χ4n) is 1.45. The molecule has 12 heavy (non-hydrogen) atoms. The van der Waals surface area contributed by atoms with Crippen LogP contribution >= 0.6 is 0 Å². The Kier molecular flexibility index (Phi) is 2.12. The predicted molar refractivity (Wildman–Crippen MR) is 48.6 cm³/mol. The number of benzene rings is 1. The van der Waals surface area contributed by atoms with Gasteiger partial charge in [-0.3, -0.25) is 0 Å². The quantitative estimate of drug-likeness (QED) is 0.613. The first-order valence-corrected chi connectivity index (χ1v) is 4.32. The molecule has 0 saturated heterocycles. The molecule has 1 aromatic rings. The lowest BCUT2D eigenvalue weighted by Gasteiger charge is -2.19. The van der Waals surface area contributed by atoms with E-state index in [2.05, 4.69) is 30.3 Å². The van der Waals surface area contributed by atoms with Crippen molar-refractivity contribution in [2.75, 3.05) is 0 Å². The minimum absolute atomic E-state index is 0.274. The Labute approximate surface area is 72.7 Å². The summed E-state index contributed by atoms with van der Waals surface area (Å²) in [5.41, 5.74) is 1.28. The lowest BCUT2D eigenvalue weighted by Crippen LogP contribution is -2.02. The Morgan fingerprint density at radius 3 is 2.67 bits per heavy atom. The minimum atomic E-state index is 0.274. The lowest BCUT2D eigenvalue weighted by molar-refractivity contribution is 0.125. The maximum absolute atomic E-state index is 5.48. The van der Waals surface area contributed by atoms with Crippen molar-refractivity contribution in [1.82, 2.24) is 0 Å². The Balaban J connectivity index is 2.15. The maximum atomic E-state index is 5.48. The second-order valence-electron chi connectivity index (χ2n) is 2.98. The third-order valence-corrected chi connectivity index (χ3v) is 2.11. The van der Waals surface area contributed by atoms with E-state index in [4.69, 9.17) is 4.74 Å². The first-order valence-electron chi connectivity index (χ1n) is 4.32. The van der Waals surface area contributed by atoms with Crippen LogP contribution in [0, 0.1) is 0 Å². The molecule has 0 saturated carbocycles. The van der Waals surface area contributed by atoms with Crippen LogP contribution in [0.2, 0.25) is 0 Å². The fraction of sp³-hybridized carbons (Fsp3) is 0.273. The Bertz CT molecular complexity index is 264. The molecule has 1 aliphatic rings. The highest BCUT2D eigenvalue weighted by Crippen LogP contribution is 2.25. The van der Waals surface area contributed by atoms with Gasteiger partial charge in [-0.1, -0.05) is 30.3 Å². The van der Waals surface area contributed by atoms with Crippen molar-refractivity contribution >= 4 is 0 Å². The maximum Gasteiger partial charge on any atom is 0.123 e. The van der Waals surface area contributed by atoms with E-state index in [9.17, 15) is 0 Å². The van der Waals surface area contributed by atoms with E-state index in [1.807, 2.05) is 6.07 Å². The van der Waals surface area contributed by atoms with Crippen molar-refractivity contribution in [3.8, 4) is 0 Å². The molecule has 1 aromatic carbocycles. The summed E-state index contributed by atoms with van der Waals surface area (Å²) in [6.07, 6.45) is 6.37. The van der Waals surface area contributed by atoms with Crippen LogP contribution in [0.25, 0.3) is 0 Å². The fourth-order valence-corrected chi connectivity index (χ4v) is 1.45. The van der Waals surface area contributed by atoms with Crippen LogP contribution in [0.15, 0.2) is 42.7 Å². The van der Waals surface area contributed by atoms with Crippen LogP contribution in [0.3, 0.4) is 0 Å². The summed E-state index contributed by atoms with van der Waals surface area (Å²) in [7, 11) is 0. The number of hydrogen-bond acceptors (Lipinski definition) is 1. The first-order chi connectivity index (χ1) is 5.97. The van der Waals surface area contributed by atoms with Crippen LogP contribution in [-0.4, -0.2) is 0 Å². The standard InChI is InChI=1S/C11H12O/c1-2-6-10(7-3-1)11-8-4-5-9-12-11/h1-3,5-7,9,11H,4,8H2. The third kappa shape index (κ3) is 1.50. The first kappa shape index (κ1) is 7.41. The van der Waals surface area contributed by atoms with E-state index in [-0.39, 0.29) is 6.10 Å². The monoisotopic (exact) mass is 160 g/mol. The van der Waals surface area contributed by atoms with Gasteiger partial charge >= 0.3 is 0 Å². The summed E-state index contributed by atoms with van der Waals surface area (Å²) in [4.78, 5) is 0. The average molecular weight is 160 g/mol. The van der Waals surface area contributed by atoms with Gasteiger partial charge < -0.3 is 4.74 Å². The van der Waals surface area contributed by atoms with Crippen molar-refractivity contribution in [1.29, 1.82) is 0 Å². The molecule has 1 heterocycles. The molecule has 1 heteroatoms. The van der Waals surface area contributed by atoms with E-state index in [1.54, 1.807) is 6.26 Å². The molecule has 1 nitrogen and oxygen atoms in total. The topological polar surface area (TPSA) is 9.23 Å². The zero-order valence-corrected chi connectivity index (χ0v) is 6.94. The van der Waals surface area contributed by atoms with Crippen LogP contribution < -0.4 is 0 Å². The second kappa shape index (κ2) is 3.44. The number of ether oxygens (including phenoxy) is 1. The van der Waals surface area contributed by atoms with Gasteiger partial charge in [0.1, 0.15) is 6.10 Å². The zero-order valence-electron chi connectivity index (χ0n) is 6.94. The van der Waals surface area contributed by atoms with E-state index < -0.39 is 0 Å².